The van der Waals surface area contributed by atoms with Crippen LogP contribution in [0.15, 0.2) is 28.7 Å². The molecule has 2 rings (SSSR count). The molecule has 1 aliphatic heterocycles. The lowest BCUT2D eigenvalue weighted by Gasteiger charge is -2.34. The van der Waals surface area contributed by atoms with Gasteiger partial charge in [0, 0.05) is 30.7 Å². The second kappa shape index (κ2) is 8.76. The molecule has 0 atom stereocenters. The Hall–Kier alpha value is -1.76. The van der Waals surface area contributed by atoms with Crippen LogP contribution in [0.5, 0.6) is 5.75 Å². The average molecular weight is 385 g/mol. The number of rotatable bonds is 5. The van der Waals surface area contributed by atoms with Gasteiger partial charge in [0.1, 0.15) is 5.75 Å². The van der Waals surface area contributed by atoms with Gasteiger partial charge >= 0.3 is 6.09 Å². The van der Waals surface area contributed by atoms with E-state index in [-0.39, 0.29) is 12.0 Å². The van der Waals surface area contributed by atoms with E-state index in [1.807, 2.05) is 24.3 Å². The van der Waals surface area contributed by atoms with Crippen molar-refractivity contribution in [3.63, 3.8) is 0 Å². The van der Waals surface area contributed by atoms with Gasteiger partial charge in [-0.05, 0) is 25.1 Å². The van der Waals surface area contributed by atoms with Crippen molar-refractivity contribution in [3.8, 4) is 5.75 Å². The van der Waals surface area contributed by atoms with Crippen LogP contribution in [0.2, 0.25) is 0 Å². The Morgan fingerprint density at radius 3 is 2.52 bits per heavy atom. The van der Waals surface area contributed by atoms with Crippen molar-refractivity contribution in [3.05, 3.63) is 28.7 Å². The maximum Gasteiger partial charge on any atom is 0.409 e. The molecule has 1 heterocycles. The summed E-state index contributed by atoms with van der Waals surface area (Å²) in [7, 11) is 0. The van der Waals surface area contributed by atoms with Crippen LogP contribution in [-0.2, 0) is 9.53 Å². The Balaban J connectivity index is 1.70. The van der Waals surface area contributed by atoms with Gasteiger partial charge in [-0.25, -0.2) is 4.79 Å². The van der Waals surface area contributed by atoms with E-state index < -0.39 is 0 Å². The molecule has 1 aromatic rings. The highest BCUT2D eigenvalue weighted by molar-refractivity contribution is 9.10. The topological polar surface area (TPSA) is 59.1 Å². The maximum atomic E-state index is 12.2. The van der Waals surface area contributed by atoms with Crippen LogP contribution in [0, 0.1) is 0 Å². The normalized spacial score (nSPS) is 14.5. The van der Waals surface area contributed by atoms with Gasteiger partial charge in [0.25, 0.3) is 0 Å². The molecule has 7 heteroatoms. The summed E-state index contributed by atoms with van der Waals surface area (Å²) in [5.74, 6) is 0.780. The minimum atomic E-state index is -0.308. The first-order chi connectivity index (χ1) is 11.1. The molecular weight excluding hydrogens is 364 g/mol. The zero-order valence-corrected chi connectivity index (χ0v) is 14.8. The third-order valence-corrected chi connectivity index (χ3v) is 4.03. The highest BCUT2D eigenvalue weighted by Crippen LogP contribution is 2.18. The minimum absolute atomic E-state index is 0.0449. The van der Waals surface area contributed by atoms with Crippen LogP contribution in [-0.4, -0.2) is 61.2 Å². The van der Waals surface area contributed by atoms with Crippen molar-refractivity contribution in [2.24, 2.45) is 0 Å². The Labute approximate surface area is 144 Å². The number of piperazine rings is 1. The molecule has 23 heavy (non-hydrogen) atoms. The second-order valence-corrected chi connectivity index (χ2v) is 6.04. The average Bonchev–Trinajstić information content (AvgIpc) is 2.55. The van der Waals surface area contributed by atoms with Crippen LogP contribution in [0.1, 0.15) is 13.3 Å². The van der Waals surface area contributed by atoms with Crippen molar-refractivity contribution >= 4 is 27.9 Å². The molecule has 2 amide bonds. The first-order valence-electron chi connectivity index (χ1n) is 7.68. The van der Waals surface area contributed by atoms with E-state index in [4.69, 9.17) is 9.47 Å². The molecule has 0 N–H and O–H groups in total. The minimum Gasteiger partial charge on any atom is -0.493 e. The summed E-state index contributed by atoms with van der Waals surface area (Å²) in [6.07, 6.45) is 0.0175. The summed E-state index contributed by atoms with van der Waals surface area (Å²) in [4.78, 5) is 27.2. The molecule has 0 radical (unpaired) electrons. The van der Waals surface area contributed by atoms with E-state index >= 15 is 0 Å². The fourth-order valence-electron chi connectivity index (χ4n) is 2.32. The fourth-order valence-corrected chi connectivity index (χ4v) is 2.70. The SMILES string of the molecule is CCOC(=O)N1CCN(C(=O)CCOc2cccc(Br)c2)CC1. The van der Waals surface area contributed by atoms with Crippen LogP contribution in [0.3, 0.4) is 0 Å². The standard InChI is InChI=1S/C16H21BrN2O4/c1-2-22-16(21)19-9-7-18(8-10-19)15(20)6-11-23-14-5-3-4-13(17)12-14/h3-5,12H,2,6-11H2,1H3. The van der Waals surface area contributed by atoms with E-state index in [9.17, 15) is 9.59 Å². The highest BCUT2D eigenvalue weighted by atomic mass is 79.9. The van der Waals surface area contributed by atoms with Gasteiger partial charge in [0.05, 0.1) is 19.6 Å². The summed E-state index contributed by atoms with van der Waals surface area (Å²) in [6, 6.07) is 7.52. The third-order valence-electron chi connectivity index (χ3n) is 3.54. The molecule has 1 fully saturated rings. The van der Waals surface area contributed by atoms with Crippen LogP contribution in [0.4, 0.5) is 4.79 Å². The molecule has 1 aliphatic rings. The van der Waals surface area contributed by atoms with Crippen molar-refractivity contribution in [1.82, 2.24) is 9.80 Å². The van der Waals surface area contributed by atoms with Crippen LogP contribution >= 0.6 is 15.9 Å². The van der Waals surface area contributed by atoms with Gasteiger partial charge in [-0.15, -0.1) is 0 Å². The monoisotopic (exact) mass is 384 g/mol. The fraction of sp³-hybridized carbons (Fsp3) is 0.500. The predicted octanol–water partition coefficient (Wildman–Crippen LogP) is 2.52. The molecule has 0 aromatic heterocycles. The molecule has 126 valence electrons. The number of benzene rings is 1. The van der Waals surface area contributed by atoms with Gasteiger partial charge in [-0.3, -0.25) is 4.79 Å². The number of ether oxygens (including phenoxy) is 2. The van der Waals surface area contributed by atoms with E-state index in [2.05, 4.69) is 15.9 Å². The molecule has 0 bridgehead atoms. The lowest BCUT2D eigenvalue weighted by molar-refractivity contribution is -0.133. The third kappa shape index (κ3) is 5.42. The number of nitrogens with zero attached hydrogens (tertiary/aromatic N) is 2. The van der Waals surface area contributed by atoms with Crippen molar-refractivity contribution < 1.29 is 19.1 Å². The van der Waals surface area contributed by atoms with E-state index in [1.54, 1.807) is 16.7 Å². The van der Waals surface area contributed by atoms with E-state index in [0.29, 0.717) is 45.8 Å². The molecule has 6 nitrogen and oxygen atoms in total. The van der Waals surface area contributed by atoms with Crippen LogP contribution < -0.4 is 4.74 Å². The summed E-state index contributed by atoms with van der Waals surface area (Å²) in [5.41, 5.74) is 0. The maximum absolute atomic E-state index is 12.2. The zero-order chi connectivity index (χ0) is 16.7. The number of halogens is 1. The van der Waals surface area contributed by atoms with Gasteiger partial charge in [0.15, 0.2) is 0 Å². The number of carbonyl (C=O) groups is 2. The Morgan fingerprint density at radius 2 is 1.87 bits per heavy atom. The first-order valence-corrected chi connectivity index (χ1v) is 8.47. The van der Waals surface area contributed by atoms with Crippen molar-refractivity contribution in [1.29, 1.82) is 0 Å². The van der Waals surface area contributed by atoms with Crippen molar-refractivity contribution in [2.75, 3.05) is 39.4 Å². The molecule has 0 unspecified atom stereocenters. The van der Waals surface area contributed by atoms with Crippen LogP contribution in [0.25, 0.3) is 0 Å². The quantitative estimate of drug-likeness (QED) is 0.782. The summed E-state index contributed by atoms with van der Waals surface area (Å²) >= 11 is 3.38. The lowest BCUT2D eigenvalue weighted by atomic mass is 10.3. The smallest absolute Gasteiger partial charge is 0.409 e. The molecular formula is C16H21BrN2O4. The molecule has 0 aliphatic carbocycles. The highest BCUT2D eigenvalue weighted by Gasteiger charge is 2.24. The Kier molecular flexibility index (Phi) is 6.70. The number of amides is 2. The van der Waals surface area contributed by atoms with Gasteiger partial charge < -0.3 is 19.3 Å². The lowest BCUT2D eigenvalue weighted by Crippen LogP contribution is -2.50. The molecule has 0 spiro atoms. The molecule has 0 saturated carbocycles. The van der Waals surface area contributed by atoms with E-state index in [1.165, 1.54) is 0 Å². The summed E-state index contributed by atoms with van der Waals surface area (Å²) in [5, 5.41) is 0. The predicted molar refractivity (Wildman–Crippen MR) is 89.4 cm³/mol. The van der Waals surface area contributed by atoms with Crippen molar-refractivity contribution in [2.45, 2.75) is 13.3 Å². The number of carbonyl (C=O) groups excluding carboxylic acids is 2. The second-order valence-electron chi connectivity index (χ2n) is 5.12. The number of hydrogen-bond acceptors (Lipinski definition) is 4. The largest absolute Gasteiger partial charge is 0.493 e. The Bertz CT molecular complexity index is 545. The van der Waals surface area contributed by atoms with Gasteiger partial charge in [-0.2, -0.15) is 0 Å². The first kappa shape index (κ1) is 17.6. The Morgan fingerprint density at radius 1 is 1.17 bits per heavy atom. The van der Waals surface area contributed by atoms with Gasteiger partial charge in [0.2, 0.25) is 5.91 Å². The molecule has 1 aromatic carbocycles. The number of hydrogen-bond donors (Lipinski definition) is 0. The van der Waals surface area contributed by atoms with E-state index in [0.717, 1.165) is 10.2 Å². The molecule has 1 saturated heterocycles. The zero-order valence-electron chi connectivity index (χ0n) is 13.2. The summed E-state index contributed by atoms with van der Waals surface area (Å²) in [6.45, 7) is 4.58. The van der Waals surface area contributed by atoms with Gasteiger partial charge in [-0.1, -0.05) is 22.0 Å². The summed E-state index contributed by atoms with van der Waals surface area (Å²) < 4.78 is 11.5.